The van der Waals surface area contributed by atoms with E-state index in [1.54, 1.807) is 12.1 Å². The summed E-state index contributed by atoms with van der Waals surface area (Å²) >= 11 is 0. The molecule has 0 radical (unpaired) electrons. The van der Waals surface area contributed by atoms with Gasteiger partial charge in [0.25, 0.3) is 5.91 Å². The van der Waals surface area contributed by atoms with E-state index in [9.17, 15) is 9.90 Å². The highest BCUT2D eigenvalue weighted by molar-refractivity contribution is 5.95. The van der Waals surface area contributed by atoms with Gasteiger partial charge in [-0.15, -0.1) is 0 Å². The van der Waals surface area contributed by atoms with Gasteiger partial charge in [-0.25, -0.2) is 0 Å². The molecule has 2 saturated heterocycles. The quantitative estimate of drug-likeness (QED) is 0.871. The lowest BCUT2D eigenvalue weighted by Gasteiger charge is -2.33. The maximum atomic E-state index is 12.4. The molecule has 0 aliphatic carbocycles. The topological polar surface area (TPSA) is 71.0 Å². The number of aromatic hydroxyl groups is 1. The smallest absolute Gasteiger partial charge is 0.251 e. The normalized spacial score (nSPS) is 28.2. The number of carbonyl (C=O) groups is 1. The van der Waals surface area contributed by atoms with Gasteiger partial charge in [-0.2, -0.15) is 0 Å². The number of nitrogens with one attached hydrogen (secondary N) is 1. The molecule has 1 amide bonds. The first-order valence-corrected chi connectivity index (χ1v) is 7.60. The molecule has 2 N–H and O–H groups in total. The molecule has 0 saturated carbocycles. The van der Waals surface area contributed by atoms with Gasteiger partial charge in [-0.1, -0.05) is 0 Å². The van der Waals surface area contributed by atoms with Gasteiger partial charge in [0.1, 0.15) is 0 Å². The highest BCUT2D eigenvalue weighted by atomic mass is 16.5. The van der Waals surface area contributed by atoms with Gasteiger partial charge in [0.05, 0.1) is 19.8 Å². The van der Waals surface area contributed by atoms with Crippen LogP contribution in [0.15, 0.2) is 18.2 Å². The Morgan fingerprint density at radius 3 is 3.05 bits per heavy atom. The number of fused-ring (bicyclic) bond motifs is 1. The first kappa shape index (κ1) is 15.1. The third kappa shape index (κ3) is 3.03. The van der Waals surface area contributed by atoms with Gasteiger partial charge in [-0.3, -0.25) is 9.69 Å². The van der Waals surface area contributed by atoms with Crippen LogP contribution in [0.25, 0.3) is 0 Å². The Morgan fingerprint density at radius 2 is 2.27 bits per heavy atom. The van der Waals surface area contributed by atoms with Crippen molar-refractivity contribution in [3.63, 3.8) is 0 Å². The molecular weight excluding hydrogens is 284 g/mol. The van der Waals surface area contributed by atoms with Crippen molar-refractivity contribution < 1.29 is 19.4 Å². The summed E-state index contributed by atoms with van der Waals surface area (Å²) in [6, 6.07) is 5.15. The summed E-state index contributed by atoms with van der Waals surface area (Å²) in [7, 11) is 1.47. The lowest BCUT2D eigenvalue weighted by molar-refractivity contribution is -0.0390. The minimum Gasteiger partial charge on any atom is -0.504 e. The molecule has 6 nitrogen and oxygen atoms in total. The fourth-order valence-electron chi connectivity index (χ4n) is 3.23. The average molecular weight is 306 g/mol. The van der Waals surface area contributed by atoms with Crippen LogP contribution < -0.4 is 10.1 Å². The van der Waals surface area contributed by atoms with Gasteiger partial charge >= 0.3 is 0 Å². The molecule has 3 rings (SSSR count). The van der Waals surface area contributed by atoms with Crippen LogP contribution in [0.5, 0.6) is 11.5 Å². The lowest BCUT2D eigenvalue weighted by atomic mass is 10.1. The number of phenolic OH excluding ortho intramolecular Hbond substituents is 1. The summed E-state index contributed by atoms with van der Waals surface area (Å²) in [5.41, 5.74) is 0.490. The Morgan fingerprint density at radius 1 is 1.45 bits per heavy atom. The molecule has 2 fully saturated rings. The van der Waals surface area contributed by atoms with Crippen LogP contribution in [-0.4, -0.2) is 60.9 Å². The second kappa shape index (κ2) is 6.14. The SMILES string of the molecule is COc1cc(C(=O)N[C@H]2C[C@H]3CO[C@H](C)CN3C2)ccc1O. The van der Waals surface area contributed by atoms with E-state index < -0.39 is 0 Å². The van der Waals surface area contributed by atoms with Gasteiger partial charge < -0.3 is 19.9 Å². The molecule has 0 spiro atoms. The van der Waals surface area contributed by atoms with Gasteiger partial charge in [0.15, 0.2) is 11.5 Å². The Bertz CT molecular complexity index is 563. The van der Waals surface area contributed by atoms with E-state index in [0.29, 0.717) is 17.4 Å². The van der Waals surface area contributed by atoms with Crippen molar-refractivity contribution in [1.29, 1.82) is 0 Å². The van der Waals surface area contributed by atoms with Crippen LogP contribution in [0.2, 0.25) is 0 Å². The molecular formula is C16H22N2O4. The van der Waals surface area contributed by atoms with E-state index in [-0.39, 0.29) is 23.8 Å². The third-order valence-electron chi connectivity index (χ3n) is 4.37. The second-order valence-corrected chi connectivity index (χ2v) is 6.04. The van der Waals surface area contributed by atoms with Crippen molar-refractivity contribution in [1.82, 2.24) is 10.2 Å². The Balaban J connectivity index is 1.63. The minimum atomic E-state index is -0.142. The van der Waals surface area contributed by atoms with E-state index in [2.05, 4.69) is 17.1 Å². The summed E-state index contributed by atoms with van der Waals surface area (Å²) in [6.07, 6.45) is 1.17. The van der Waals surface area contributed by atoms with Crippen molar-refractivity contribution in [2.75, 3.05) is 26.8 Å². The first-order valence-electron chi connectivity index (χ1n) is 7.60. The number of benzene rings is 1. The van der Waals surface area contributed by atoms with E-state index in [4.69, 9.17) is 9.47 Å². The zero-order valence-electron chi connectivity index (χ0n) is 12.9. The van der Waals surface area contributed by atoms with Crippen LogP contribution in [0, 0.1) is 0 Å². The molecule has 2 aliphatic rings. The molecule has 2 aliphatic heterocycles. The molecule has 22 heavy (non-hydrogen) atoms. The fourth-order valence-corrected chi connectivity index (χ4v) is 3.23. The largest absolute Gasteiger partial charge is 0.504 e. The molecule has 3 atom stereocenters. The zero-order valence-corrected chi connectivity index (χ0v) is 12.9. The number of nitrogens with zero attached hydrogens (tertiary/aromatic N) is 1. The molecule has 120 valence electrons. The van der Waals surface area contributed by atoms with Crippen molar-refractivity contribution in [3.8, 4) is 11.5 Å². The van der Waals surface area contributed by atoms with Gasteiger partial charge in [-0.05, 0) is 31.5 Å². The number of hydrogen-bond donors (Lipinski definition) is 2. The van der Waals surface area contributed by atoms with Crippen LogP contribution in [-0.2, 0) is 4.74 Å². The van der Waals surface area contributed by atoms with Crippen molar-refractivity contribution in [2.24, 2.45) is 0 Å². The van der Waals surface area contributed by atoms with E-state index in [1.807, 2.05) is 0 Å². The summed E-state index contributed by atoms with van der Waals surface area (Å²) in [5, 5.41) is 12.7. The standard InChI is InChI=1S/C16H22N2O4/c1-10-7-18-8-12(6-13(18)9-22-10)17-16(20)11-3-4-14(19)15(5-11)21-2/h3-5,10,12-13,19H,6-9H2,1-2H3,(H,17,20)/t10-,12+,13+/m1/s1. The zero-order chi connectivity index (χ0) is 15.7. The van der Waals surface area contributed by atoms with E-state index in [0.717, 1.165) is 26.1 Å². The predicted molar refractivity (Wildman–Crippen MR) is 81.3 cm³/mol. The van der Waals surface area contributed by atoms with Crippen LogP contribution in [0.4, 0.5) is 0 Å². The van der Waals surface area contributed by atoms with Gasteiger partial charge in [0.2, 0.25) is 0 Å². The molecule has 6 heteroatoms. The fraction of sp³-hybridized carbons (Fsp3) is 0.562. The van der Waals surface area contributed by atoms with Gasteiger partial charge in [0, 0.05) is 30.7 Å². The maximum absolute atomic E-state index is 12.4. The number of morpholine rings is 1. The number of ether oxygens (including phenoxy) is 2. The summed E-state index contributed by atoms with van der Waals surface area (Å²) in [6.45, 7) is 4.59. The average Bonchev–Trinajstić information content (AvgIpc) is 2.88. The predicted octanol–water partition coefficient (Wildman–Crippen LogP) is 0.992. The number of hydrogen-bond acceptors (Lipinski definition) is 5. The molecule has 0 unspecified atom stereocenters. The van der Waals surface area contributed by atoms with Crippen molar-refractivity contribution in [3.05, 3.63) is 23.8 Å². The van der Waals surface area contributed by atoms with Crippen molar-refractivity contribution in [2.45, 2.75) is 31.5 Å². The van der Waals surface area contributed by atoms with E-state index in [1.165, 1.54) is 13.2 Å². The van der Waals surface area contributed by atoms with Crippen LogP contribution in [0.1, 0.15) is 23.7 Å². The highest BCUT2D eigenvalue weighted by Crippen LogP contribution is 2.27. The monoisotopic (exact) mass is 306 g/mol. The number of methoxy groups -OCH3 is 1. The second-order valence-electron chi connectivity index (χ2n) is 6.04. The lowest BCUT2D eigenvalue weighted by Crippen LogP contribution is -2.45. The third-order valence-corrected chi connectivity index (χ3v) is 4.37. The Hall–Kier alpha value is -1.79. The summed E-state index contributed by atoms with van der Waals surface area (Å²) in [5.74, 6) is 0.194. The molecule has 1 aromatic carbocycles. The minimum absolute atomic E-state index is 0.0307. The molecule has 0 bridgehead atoms. The summed E-state index contributed by atoms with van der Waals surface area (Å²) < 4.78 is 10.7. The number of rotatable bonds is 3. The van der Waals surface area contributed by atoms with E-state index >= 15 is 0 Å². The number of carbonyl (C=O) groups excluding carboxylic acids is 1. The van der Waals surface area contributed by atoms with Crippen molar-refractivity contribution >= 4 is 5.91 Å². The maximum Gasteiger partial charge on any atom is 0.251 e. The number of phenols is 1. The van der Waals surface area contributed by atoms with Crippen LogP contribution >= 0.6 is 0 Å². The van der Waals surface area contributed by atoms with Crippen LogP contribution in [0.3, 0.4) is 0 Å². The highest BCUT2D eigenvalue weighted by Gasteiger charge is 2.36. The first-order chi connectivity index (χ1) is 10.6. The number of amides is 1. The Kier molecular flexibility index (Phi) is 4.22. The molecule has 1 aromatic rings. The molecule has 0 aromatic heterocycles. The molecule has 2 heterocycles. The summed E-state index contributed by atoms with van der Waals surface area (Å²) in [4.78, 5) is 14.7. The Labute approximate surface area is 130 Å².